The van der Waals surface area contributed by atoms with E-state index in [1.54, 1.807) is 0 Å². The van der Waals surface area contributed by atoms with Gasteiger partial charge in [0.15, 0.2) is 0 Å². The van der Waals surface area contributed by atoms with Crippen LogP contribution in [0.1, 0.15) is 28.8 Å². The second kappa shape index (κ2) is 8.62. The van der Waals surface area contributed by atoms with E-state index in [9.17, 15) is 18.0 Å². The zero-order chi connectivity index (χ0) is 20.4. The van der Waals surface area contributed by atoms with Gasteiger partial charge in [-0.15, -0.1) is 0 Å². The first kappa shape index (κ1) is 20.6. The van der Waals surface area contributed by atoms with Gasteiger partial charge >= 0.3 is 6.18 Å². The lowest BCUT2D eigenvalue weighted by Gasteiger charge is -2.51. The summed E-state index contributed by atoms with van der Waals surface area (Å²) in [6, 6.07) is 4.70. The van der Waals surface area contributed by atoms with Crippen LogP contribution in [0, 0.1) is 11.8 Å². The van der Waals surface area contributed by atoms with Crippen molar-refractivity contribution in [3.05, 3.63) is 35.4 Å². The lowest BCUT2D eigenvalue weighted by atomic mass is 9.75. The van der Waals surface area contributed by atoms with Crippen molar-refractivity contribution < 1.29 is 22.7 Å². The van der Waals surface area contributed by atoms with Gasteiger partial charge in [0.25, 0.3) is 5.91 Å². The first-order valence-corrected chi connectivity index (χ1v) is 10.4. The Morgan fingerprint density at radius 1 is 1.14 bits per heavy atom. The number of nitrogens with one attached hydrogen (secondary N) is 1. The molecule has 1 aromatic carbocycles. The molecule has 8 heteroatoms. The molecule has 4 atom stereocenters. The predicted molar refractivity (Wildman–Crippen MR) is 103 cm³/mol. The highest BCUT2D eigenvalue weighted by molar-refractivity contribution is 5.94. The van der Waals surface area contributed by atoms with Gasteiger partial charge in [0.1, 0.15) is 0 Å². The molecule has 29 heavy (non-hydrogen) atoms. The van der Waals surface area contributed by atoms with Gasteiger partial charge in [0.05, 0.1) is 18.8 Å². The zero-order valence-electron chi connectivity index (χ0n) is 16.5. The second-order valence-electron chi connectivity index (χ2n) is 8.39. The number of ether oxygens (including phenoxy) is 1. The molecule has 1 amide bonds. The number of rotatable bonds is 5. The van der Waals surface area contributed by atoms with Gasteiger partial charge in [-0.1, -0.05) is 0 Å². The van der Waals surface area contributed by atoms with Gasteiger partial charge in [-0.3, -0.25) is 14.6 Å². The van der Waals surface area contributed by atoms with E-state index in [2.05, 4.69) is 15.1 Å². The molecule has 0 aliphatic carbocycles. The van der Waals surface area contributed by atoms with Crippen LogP contribution in [0.3, 0.4) is 0 Å². The second-order valence-corrected chi connectivity index (χ2v) is 8.39. The third kappa shape index (κ3) is 4.92. The zero-order valence-corrected chi connectivity index (χ0v) is 16.5. The molecule has 1 unspecified atom stereocenters. The molecule has 0 saturated carbocycles. The van der Waals surface area contributed by atoms with Crippen LogP contribution >= 0.6 is 0 Å². The Morgan fingerprint density at radius 3 is 2.48 bits per heavy atom. The standard InChI is InChI=1S/C21H28F3N3O2/c22-21(23,24)18-3-1-15(2-4-18)20(28)25-12-19-11-16-5-6-27(19)14-17(16)13-26-7-9-29-10-8-26/h1-4,16-17,19H,5-14H2,(H,25,28)/t16-,17+,19+/m1/s1. The van der Waals surface area contributed by atoms with Gasteiger partial charge in [-0.2, -0.15) is 13.2 Å². The number of benzene rings is 1. The minimum Gasteiger partial charge on any atom is -0.379 e. The maximum Gasteiger partial charge on any atom is 0.416 e. The molecule has 2 bridgehead atoms. The van der Waals surface area contributed by atoms with Crippen LogP contribution in [-0.4, -0.2) is 74.2 Å². The summed E-state index contributed by atoms with van der Waals surface area (Å²) in [7, 11) is 0. The SMILES string of the molecule is O=C(NC[C@@H]1C[C@H]2CCN1C[C@@H]2CN1CCOCC1)c1ccc(C(F)(F)F)cc1. The molecule has 4 heterocycles. The average Bonchev–Trinajstić information content (AvgIpc) is 2.73. The molecular formula is C21H28F3N3O2. The average molecular weight is 411 g/mol. The summed E-state index contributed by atoms with van der Waals surface area (Å²) in [5, 5.41) is 2.92. The topological polar surface area (TPSA) is 44.8 Å². The van der Waals surface area contributed by atoms with E-state index in [4.69, 9.17) is 4.74 Å². The Bertz CT molecular complexity index is 704. The summed E-state index contributed by atoms with van der Waals surface area (Å²) in [5.41, 5.74) is -0.477. The molecule has 5 rings (SSSR count). The van der Waals surface area contributed by atoms with Crippen molar-refractivity contribution in [2.45, 2.75) is 25.1 Å². The predicted octanol–water partition coefficient (Wildman–Crippen LogP) is 2.48. The van der Waals surface area contributed by atoms with Crippen molar-refractivity contribution in [1.82, 2.24) is 15.1 Å². The summed E-state index contributed by atoms with van der Waals surface area (Å²) in [6.07, 6.45) is -2.11. The summed E-state index contributed by atoms with van der Waals surface area (Å²) in [4.78, 5) is 17.3. The fourth-order valence-electron chi connectivity index (χ4n) is 4.91. The van der Waals surface area contributed by atoms with Crippen LogP contribution < -0.4 is 5.32 Å². The molecule has 0 radical (unpaired) electrons. The summed E-state index contributed by atoms with van der Waals surface area (Å²) < 4.78 is 43.4. The lowest BCUT2D eigenvalue weighted by molar-refractivity contribution is -0.137. The van der Waals surface area contributed by atoms with E-state index in [-0.39, 0.29) is 11.5 Å². The maximum atomic E-state index is 12.7. The Balaban J connectivity index is 1.27. The summed E-state index contributed by atoms with van der Waals surface area (Å²) >= 11 is 0. The number of morpholine rings is 1. The first-order chi connectivity index (χ1) is 13.9. The molecule has 1 aromatic rings. The molecule has 0 aromatic heterocycles. The highest BCUT2D eigenvalue weighted by Crippen LogP contribution is 2.36. The molecule has 4 fully saturated rings. The monoisotopic (exact) mass is 411 g/mol. The molecular weight excluding hydrogens is 383 g/mol. The number of carbonyl (C=O) groups excluding carboxylic acids is 1. The number of fused-ring (bicyclic) bond motifs is 3. The van der Waals surface area contributed by atoms with Crippen LogP contribution in [0.5, 0.6) is 0 Å². The van der Waals surface area contributed by atoms with E-state index in [1.165, 1.54) is 18.6 Å². The molecule has 4 aliphatic rings. The fourth-order valence-corrected chi connectivity index (χ4v) is 4.91. The number of amides is 1. The number of hydrogen-bond acceptors (Lipinski definition) is 4. The molecule has 5 nitrogen and oxygen atoms in total. The lowest BCUT2D eigenvalue weighted by Crippen LogP contribution is -2.58. The van der Waals surface area contributed by atoms with Crippen LogP contribution in [0.4, 0.5) is 13.2 Å². The Labute approximate surface area is 169 Å². The van der Waals surface area contributed by atoms with Crippen molar-refractivity contribution in [3.8, 4) is 0 Å². The number of carbonyl (C=O) groups is 1. The van der Waals surface area contributed by atoms with Crippen LogP contribution in [0.2, 0.25) is 0 Å². The quantitative estimate of drug-likeness (QED) is 0.809. The van der Waals surface area contributed by atoms with Crippen molar-refractivity contribution in [3.63, 3.8) is 0 Å². The minimum atomic E-state index is -4.39. The van der Waals surface area contributed by atoms with E-state index < -0.39 is 11.7 Å². The van der Waals surface area contributed by atoms with Crippen LogP contribution in [0.15, 0.2) is 24.3 Å². The molecule has 160 valence electrons. The van der Waals surface area contributed by atoms with E-state index in [1.807, 2.05) is 0 Å². The third-order valence-electron chi connectivity index (χ3n) is 6.58. The summed E-state index contributed by atoms with van der Waals surface area (Å²) in [5.74, 6) is 1.03. The van der Waals surface area contributed by atoms with E-state index >= 15 is 0 Å². The maximum absolute atomic E-state index is 12.7. The normalized spacial score (nSPS) is 30.3. The Hall–Kier alpha value is -1.64. The van der Waals surface area contributed by atoms with Crippen molar-refractivity contribution in [2.24, 2.45) is 11.8 Å². The molecule has 1 N–H and O–H groups in total. The van der Waals surface area contributed by atoms with E-state index in [0.29, 0.717) is 24.4 Å². The number of hydrogen-bond donors (Lipinski definition) is 1. The van der Waals surface area contributed by atoms with Crippen LogP contribution in [-0.2, 0) is 10.9 Å². The highest BCUT2D eigenvalue weighted by atomic mass is 19.4. The Kier molecular flexibility index (Phi) is 6.13. The van der Waals surface area contributed by atoms with Gasteiger partial charge < -0.3 is 10.1 Å². The Morgan fingerprint density at radius 2 is 1.86 bits per heavy atom. The van der Waals surface area contributed by atoms with Gasteiger partial charge in [-0.05, 0) is 55.5 Å². The molecule has 4 aliphatic heterocycles. The smallest absolute Gasteiger partial charge is 0.379 e. The van der Waals surface area contributed by atoms with Gasteiger partial charge in [0.2, 0.25) is 0 Å². The fraction of sp³-hybridized carbons (Fsp3) is 0.667. The largest absolute Gasteiger partial charge is 0.416 e. The van der Waals surface area contributed by atoms with Crippen LogP contribution in [0.25, 0.3) is 0 Å². The number of nitrogens with zero attached hydrogens (tertiary/aromatic N) is 2. The number of halogens is 3. The number of alkyl halides is 3. The first-order valence-electron chi connectivity index (χ1n) is 10.4. The molecule has 0 spiro atoms. The van der Waals surface area contributed by atoms with Crippen molar-refractivity contribution in [1.29, 1.82) is 0 Å². The minimum absolute atomic E-state index is 0.263. The van der Waals surface area contributed by atoms with Crippen molar-refractivity contribution in [2.75, 3.05) is 52.5 Å². The van der Waals surface area contributed by atoms with Gasteiger partial charge in [-0.25, -0.2) is 0 Å². The summed E-state index contributed by atoms with van der Waals surface area (Å²) in [6.45, 7) is 7.44. The number of piperidine rings is 3. The third-order valence-corrected chi connectivity index (χ3v) is 6.58. The molecule has 4 saturated heterocycles. The highest BCUT2D eigenvalue weighted by Gasteiger charge is 2.40. The van der Waals surface area contributed by atoms with Crippen molar-refractivity contribution >= 4 is 5.91 Å². The van der Waals surface area contributed by atoms with Gasteiger partial charge in [0, 0.05) is 44.3 Å². The van der Waals surface area contributed by atoms with E-state index in [0.717, 1.165) is 64.5 Å².